The zero-order chi connectivity index (χ0) is 43.2. The summed E-state index contributed by atoms with van der Waals surface area (Å²) in [6.45, 7) is 2.70. The van der Waals surface area contributed by atoms with Crippen LogP contribution >= 0.6 is 45.9 Å². The Morgan fingerprint density at radius 1 is 0.721 bits per heavy atom. The highest BCUT2D eigenvalue weighted by molar-refractivity contribution is 7.12. The second kappa shape index (κ2) is 19.7. The van der Waals surface area contributed by atoms with E-state index in [1.54, 1.807) is 28.4 Å². The summed E-state index contributed by atoms with van der Waals surface area (Å²) in [7, 11) is 2.67. The molecule has 12 nitrogen and oxygen atoms in total. The quantitative estimate of drug-likeness (QED) is 0.130. The highest BCUT2D eigenvalue weighted by Gasteiger charge is 2.39. The minimum atomic E-state index is -0.766. The minimum absolute atomic E-state index is 0.0492. The third-order valence-corrected chi connectivity index (χ3v) is 13.4. The van der Waals surface area contributed by atoms with Crippen LogP contribution in [0.2, 0.25) is 10.0 Å². The molecule has 61 heavy (non-hydrogen) atoms. The number of carbonyl (C=O) groups excluding carboxylic acids is 3. The van der Waals surface area contributed by atoms with Crippen LogP contribution in [0.4, 0.5) is 13.6 Å². The van der Waals surface area contributed by atoms with Gasteiger partial charge in [-0.2, -0.15) is 0 Å². The number of nitrogens with two attached hydrogens (primary N) is 1. The summed E-state index contributed by atoms with van der Waals surface area (Å²) in [5.74, 6) is -0.494. The summed E-state index contributed by atoms with van der Waals surface area (Å²) >= 11 is 15.8. The van der Waals surface area contributed by atoms with Gasteiger partial charge in [0.05, 0.1) is 35.1 Å². The van der Waals surface area contributed by atoms with Crippen LogP contribution in [0.15, 0.2) is 104 Å². The molecule has 2 unspecified atom stereocenters. The van der Waals surface area contributed by atoms with Crippen LogP contribution < -0.4 is 21.7 Å². The second-order valence-electron chi connectivity index (χ2n) is 14.6. The number of likely N-dealkylation sites (tertiary alicyclic amines) is 1. The average Bonchev–Trinajstić information content (AvgIpc) is 4.02. The molecule has 0 spiro atoms. The van der Waals surface area contributed by atoms with Gasteiger partial charge in [0.15, 0.2) is 0 Å². The lowest BCUT2D eigenvalue weighted by Crippen LogP contribution is -2.44. The van der Waals surface area contributed by atoms with Crippen LogP contribution in [-0.4, -0.2) is 74.9 Å². The van der Waals surface area contributed by atoms with Gasteiger partial charge in [0.1, 0.15) is 35.4 Å². The maximum Gasteiger partial charge on any atom is 0.338 e. The predicted molar refractivity (Wildman–Crippen MR) is 234 cm³/mol. The Hall–Kier alpha value is -5.13. The molecule has 0 radical (unpaired) electrons. The Morgan fingerprint density at radius 3 is 1.54 bits per heavy atom. The molecule has 0 saturated carbocycles. The van der Waals surface area contributed by atoms with Gasteiger partial charge in [-0.25, -0.2) is 23.2 Å². The largest absolute Gasteiger partial charge is 0.466 e. The van der Waals surface area contributed by atoms with Crippen molar-refractivity contribution < 1.29 is 32.6 Å². The lowest BCUT2D eigenvalue weighted by atomic mass is 9.85. The van der Waals surface area contributed by atoms with Gasteiger partial charge in [0, 0.05) is 57.5 Å². The van der Waals surface area contributed by atoms with Crippen molar-refractivity contribution in [2.24, 2.45) is 27.6 Å². The number of nitrogens with one attached hydrogen (secondary N) is 3. The third-order valence-electron chi connectivity index (χ3n) is 10.9. The zero-order valence-electron chi connectivity index (χ0n) is 33.2. The van der Waals surface area contributed by atoms with Crippen molar-refractivity contribution in [3.8, 4) is 0 Å². The van der Waals surface area contributed by atoms with Crippen molar-refractivity contribution in [2.45, 2.75) is 37.8 Å². The van der Waals surface area contributed by atoms with Gasteiger partial charge in [-0.1, -0.05) is 47.5 Å². The lowest BCUT2D eigenvalue weighted by molar-refractivity contribution is -0.137. The molecule has 18 heteroatoms. The number of urea groups is 1. The number of halogens is 4. The topological polar surface area (TPSA) is 160 Å². The SMILES string of the molecule is COC(=O)C1=C(C2CCN(C(N)=O)CC2)NC(c2cccs2)=NC1c1ccc(F)cc1Cl.COC(=O)C1=C(C2CCNCC2)NC(c2cccs2)=NC1c1ccc(F)cc1Cl. The van der Waals surface area contributed by atoms with E-state index in [0.29, 0.717) is 65.6 Å². The molecule has 4 aromatic rings. The first-order chi connectivity index (χ1) is 29.5. The fourth-order valence-electron chi connectivity index (χ4n) is 7.92. The maximum absolute atomic E-state index is 13.7. The number of allylic oxidation sites excluding steroid dienone is 2. The van der Waals surface area contributed by atoms with Gasteiger partial charge in [0.2, 0.25) is 0 Å². The monoisotopic (exact) mass is 909 g/mol. The van der Waals surface area contributed by atoms with Crippen LogP contribution in [0.3, 0.4) is 0 Å². The van der Waals surface area contributed by atoms with Crippen LogP contribution in [0.1, 0.15) is 58.6 Å². The molecule has 0 bridgehead atoms. The van der Waals surface area contributed by atoms with E-state index in [4.69, 9.17) is 48.4 Å². The Bertz CT molecular complexity index is 2390. The van der Waals surface area contributed by atoms with Crippen LogP contribution in [0.5, 0.6) is 0 Å². The molecule has 320 valence electrons. The number of amidine groups is 2. The lowest BCUT2D eigenvalue weighted by Gasteiger charge is -2.36. The van der Waals surface area contributed by atoms with Gasteiger partial charge < -0.3 is 36.1 Å². The molecule has 8 rings (SSSR count). The average molecular weight is 911 g/mol. The first-order valence-electron chi connectivity index (χ1n) is 19.5. The molecule has 2 saturated heterocycles. The molecular formula is C43H43Cl2F2N7O5S2. The van der Waals surface area contributed by atoms with Gasteiger partial charge in [0.25, 0.3) is 0 Å². The van der Waals surface area contributed by atoms with Crippen molar-refractivity contribution in [2.75, 3.05) is 40.4 Å². The van der Waals surface area contributed by atoms with E-state index in [2.05, 4.69) is 16.0 Å². The Morgan fingerprint density at radius 2 is 1.16 bits per heavy atom. The number of hydrogen-bond acceptors (Lipinski definition) is 12. The fourth-order valence-corrected chi connectivity index (χ4v) is 9.81. The summed E-state index contributed by atoms with van der Waals surface area (Å²) < 4.78 is 37.6. The molecule has 2 fully saturated rings. The van der Waals surface area contributed by atoms with Gasteiger partial charge in [-0.15, -0.1) is 22.7 Å². The molecule has 4 aliphatic heterocycles. The van der Waals surface area contributed by atoms with Gasteiger partial charge in [-0.3, -0.25) is 9.98 Å². The summed E-state index contributed by atoms with van der Waals surface area (Å²) in [6, 6.07) is 14.1. The number of benzene rings is 2. The van der Waals surface area contributed by atoms with Crippen molar-refractivity contribution in [3.05, 3.63) is 137 Å². The number of esters is 2. The van der Waals surface area contributed by atoms with Crippen LogP contribution in [0.25, 0.3) is 0 Å². The van der Waals surface area contributed by atoms with E-state index in [-0.39, 0.29) is 21.9 Å². The number of hydrogen-bond donors (Lipinski definition) is 4. The number of carbonyl (C=O) groups is 3. The summed E-state index contributed by atoms with van der Waals surface area (Å²) in [5.41, 5.74) is 8.79. The molecule has 2 aromatic heterocycles. The number of primary amides is 1. The number of aliphatic imine (C=N–C) groups is 2. The third kappa shape index (κ3) is 9.84. The van der Waals surface area contributed by atoms with Crippen molar-refractivity contribution in [3.63, 3.8) is 0 Å². The molecular weight excluding hydrogens is 868 g/mol. The molecule has 5 N–H and O–H groups in total. The second-order valence-corrected chi connectivity index (χ2v) is 17.3. The smallest absolute Gasteiger partial charge is 0.338 e. The molecule has 2 atom stereocenters. The van der Waals surface area contributed by atoms with Crippen molar-refractivity contribution in [1.29, 1.82) is 0 Å². The maximum atomic E-state index is 13.7. The number of piperidine rings is 2. The van der Waals surface area contributed by atoms with E-state index >= 15 is 0 Å². The van der Waals surface area contributed by atoms with Crippen LogP contribution in [-0.2, 0) is 19.1 Å². The number of rotatable bonds is 8. The number of ether oxygens (including phenoxy) is 2. The molecule has 6 heterocycles. The highest BCUT2D eigenvalue weighted by atomic mass is 35.5. The van der Waals surface area contributed by atoms with Crippen molar-refractivity contribution in [1.82, 2.24) is 20.9 Å². The Kier molecular flexibility index (Phi) is 14.2. The number of nitrogens with zero attached hydrogens (tertiary/aromatic N) is 3. The minimum Gasteiger partial charge on any atom is -0.466 e. The first-order valence-corrected chi connectivity index (χ1v) is 22.1. The first kappa shape index (κ1) is 43.9. The Balaban J connectivity index is 0.000000185. The van der Waals surface area contributed by atoms with E-state index in [1.165, 1.54) is 49.8 Å². The summed E-state index contributed by atoms with van der Waals surface area (Å²) in [6.07, 6.45) is 3.02. The van der Waals surface area contributed by atoms with E-state index in [1.807, 2.05) is 35.0 Å². The Labute approximate surface area is 369 Å². The number of methoxy groups -OCH3 is 2. The van der Waals surface area contributed by atoms with Gasteiger partial charge >= 0.3 is 18.0 Å². The van der Waals surface area contributed by atoms with Gasteiger partial charge in [-0.05, 0) is 85.9 Å². The number of thiophene rings is 2. The van der Waals surface area contributed by atoms with Crippen LogP contribution in [0, 0.1) is 23.5 Å². The summed E-state index contributed by atoms with van der Waals surface area (Å²) in [5, 5.41) is 14.4. The molecule has 2 amide bonds. The normalized spacial score (nSPS) is 19.8. The molecule has 4 aliphatic rings. The molecule has 2 aromatic carbocycles. The fraction of sp³-hybridized carbons (Fsp3) is 0.326. The summed E-state index contributed by atoms with van der Waals surface area (Å²) in [4.78, 5) is 50.4. The zero-order valence-corrected chi connectivity index (χ0v) is 36.3. The predicted octanol–water partition coefficient (Wildman–Crippen LogP) is 7.91. The standard InChI is InChI=1S/C22H22ClFN4O3S.C21H21ClFN3O2S/c1-31-21(29)17-18(12-6-8-28(9-7-12)22(25)30)26-20(16-3-2-10-32-16)27-19(17)14-5-4-13(24)11-15(14)23;1-28-21(27)17-18(12-6-8-24-9-7-12)25-20(16-3-2-10-29-16)26-19(17)14-5-4-13(23)11-15(14)22/h2-5,10-12,19H,6-9H2,1H3,(H2,25,30)(H,26,27);2-5,10-12,19,24H,6-9H2,1H3,(H,25,26). The van der Waals surface area contributed by atoms with E-state index in [9.17, 15) is 23.2 Å². The van der Waals surface area contributed by atoms with E-state index < -0.39 is 41.7 Å². The number of amides is 2. The molecule has 0 aliphatic carbocycles. The van der Waals surface area contributed by atoms with Crippen molar-refractivity contribution >= 4 is 75.5 Å². The highest BCUT2D eigenvalue weighted by Crippen LogP contribution is 2.42. The van der Waals surface area contributed by atoms with E-state index in [0.717, 1.165) is 41.4 Å².